The highest BCUT2D eigenvalue weighted by Gasteiger charge is 2.53. The Labute approximate surface area is 198 Å². The first-order valence-corrected chi connectivity index (χ1v) is 11.4. The van der Waals surface area contributed by atoms with Crippen LogP contribution < -0.4 is 4.74 Å². The van der Waals surface area contributed by atoms with Gasteiger partial charge in [-0.2, -0.15) is 0 Å². The van der Waals surface area contributed by atoms with Gasteiger partial charge in [0.2, 0.25) is 17.7 Å². The summed E-state index contributed by atoms with van der Waals surface area (Å²) in [6.07, 6.45) is 0.438. The van der Waals surface area contributed by atoms with Crippen molar-refractivity contribution >= 4 is 29.3 Å². The smallest absolute Gasteiger partial charge is 0.240 e. The Morgan fingerprint density at radius 2 is 1.97 bits per heavy atom. The Bertz CT molecular complexity index is 1040. The summed E-state index contributed by atoms with van der Waals surface area (Å²) in [4.78, 5) is 43.0. The number of ether oxygens (including phenoxy) is 2. The second-order valence-electron chi connectivity index (χ2n) is 8.41. The molecular formula is C25H27ClN2O5. The maximum atomic E-state index is 13.6. The summed E-state index contributed by atoms with van der Waals surface area (Å²) in [6.45, 7) is 1.78. The lowest BCUT2D eigenvalue weighted by Crippen LogP contribution is -2.44. The average molecular weight is 471 g/mol. The van der Waals surface area contributed by atoms with Crippen LogP contribution in [-0.2, 0) is 31.1 Å². The van der Waals surface area contributed by atoms with Gasteiger partial charge >= 0.3 is 0 Å². The minimum absolute atomic E-state index is 0.0265. The lowest BCUT2D eigenvalue weighted by Gasteiger charge is -2.30. The van der Waals surface area contributed by atoms with Crippen LogP contribution in [0.5, 0.6) is 5.75 Å². The molecule has 7 nitrogen and oxygen atoms in total. The molecular weight excluding hydrogens is 444 g/mol. The first-order valence-electron chi connectivity index (χ1n) is 11.0. The van der Waals surface area contributed by atoms with Gasteiger partial charge in [-0.1, -0.05) is 41.9 Å². The van der Waals surface area contributed by atoms with Gasteiger partial charge in [0.25, 0.3) is 0 Å². The minimum Gasteiger partial charge on any atom is -0.491 e. The van der Waals surface area contributed by atoms with Crippen LogP contribution in [0.3, 0.4) is 0 Å². The SMILES string of the molecule is COCCCN1C(=O)C[C@@](CC(=O)N2CCOc3ccc(Cl)cc3C2)(c2ccccc2)C1=O. The Morgan fingerprint density at radius 1 is 1.18 bits per heavy atom. The molecule has 2 heterocycles. The van der Waals surface area contributed by atoms with E-state index in [1.807, 2.05) is 30.3 Å². The van der Waals surface area contributed by atoms with Gasteiger partial charge in [0.05, 0.1) is 12.0 Å². The van der Waals surface area contributed by atoms with Crippen LogP contribution in [0.2, 0.25) is 5.02 Å². The summed E-state index contributed by atoms with van der Waals surface area (Å²) >= 11 is 6.14. The molecule has 174 valence electrons. The lowest BCUT2D eigenvalue weighted by atomic mass is 9.75. The summed E-state index contributed by atoms with van der Waals surface area (Å²) in [5.74, 6) is -0.0826. The largest absolute Gasteiger partial charge is 0.491 e. The van der Waals surface area contributed by atoms with E-state index in [1.165, 1.54) is 4.90 Å². The number of hydrogen-bond donors (Lipinski definition) is 0. The summed E-state index contributed by atoms with van der Waals surface area (Å²) in [5, 5.41) is 0.565. The number of likely N-dealkylation sites (tertiary alicyclic amines) is 1. The van der Waals surface area contributed by atoms with Crippen LogP contribution in [0.1, 0.15) is 30.4 Å². The first kappa shape index (κ1) is 23.3. The second-order valence-corrected chi connectivity index (χ2v) is 8.85. The lowest BCUT2D eigenvalue weighted by molar-refractivity contribution is -0.143. The molecule has 0 aliphatic carbocycles. The van der Waals surface area contributed by atoms with Crippen molar-refractivity contribution in [2.75, 3.05) is 33.4 Å². The number of amides is 3. The Kier molecular flexibility index (Phi) is 7.00. The Balaban J connectivity index is 1.61. The third-order valence-electron chi connectivity index (χ3n) is 6.27. The third-order valence-corrected chi connectivity index (χ3v) is 6.51. The fraction of sp³-hybridized carbons (Fsp3) is 0.400. The van der Waals surface area contributed by atoms with Crippen LogP contribution in [-0.4, -0.2) is 60.9 Å². The van der Waals surface area contributed by atoms with E-state index in [0.29, 0.717) is 49.1 Å². The number of benzene rings is 2. The van der Waals surface area contributed by atoms with Crippen molar-refractivity contribution in [3.05, 3.63) is 64.7 Å². The van der Waals surface area contributed by atoms with E-state index in [4.69, 9.17) is 21.1 Å². The number of fused-ring (bicyclic) bond motifs is 1. The highest BCUT2D eigenvalue weighted by molar-refractivity contribution is 6.30. The van der Waals surface area contributed by atoms with Gasteiger partial charge in [-0.15, -0.1) is 0 Å². The maximum absolute atomic E-state index is 13.6. The zero-order chi connectivity index (χ0) is 23.4. The zero-order valence-corrected chi connectivity index (χ0v) is 19.3. The van der Waals surface area contributed by atoms with Gasteiger partial charge in [0, 0.05) is 50.2 Å². The minimum atomic E-state index is -1.22. The summed E-state index contributed by atoms with van der Waals surface area (Å²) in [5.41, 5.74) is 0.282. The van der Waals surface area contributed by atoms with E-state index in [1.54, 1.807) is 30.2 Å². The molecule has 0 unspecified atom stereocenters. The van der Waals surface area contributed by atoms with E-state index in [-0.39, 0.29) is 37.1 Å². The average Bonchev–Trinajstić information content (AvgIpc) is 2.95. The summed E-state index contributed by atoms with van der Waals surface area (Å²) in [6, 6.07) is 14.5. The third kappa shape index (κ3) is 4.75. The van der Waals surface area contributed by atoms with Gasteiger partial charge in [0.1, 0.15) is 12.4 Å². The second kappa shape index (κ2) is 9.93. The van der Waals surface area contributed by atoms with Crippen molar-refractivity contribution in [2.45, 2.75) is 31.2 Å². The molecule has 0 aromatic heterocycles. The van der Waals surface area contributed by atoms with Gasteiger partial charge in [-0.05, 0) is 30.2 Å². The van der Waals surface area contributed by atoms with E-state index in [0.717, 1.165) is 5.56 Å². The molecule has 8 heteroatoms. The highest BCUT2D eigenvalue weighted by atomic mass is 35.5. The van der Waals surface area contributed by atoms with Crippen molar-refractivity contribution in [2.24, 2.45) is 0 Å². The molecule has 3 amide bonds. The molecule has 0 radical (unpaired) electrons. The van der Waals surface area contributed by atoms with Crippen molar-refractivity contribution in [1.29, 1.82) is 0 Å². The van der Waals surface area contributed by atoms with Crippen LogP contribution in [0, 0.1) is 0 Å². The van der Waals surface area contributed by atoms with E-state index in [2.05, 4.69) is 0 Å². The Morgan fingerprint density at radius 3 is 2.73 bits per heavy atom. The molecule has 2 aliphatic heterocycles. The fourth-order valence-corrected chi connectivity index (χ4v) is 4.76. The normalized spacial score (nSPS) is 20.4. The van der Waals surface area contributed by atoms with Crippen molar-refractivity contribution in [3.8, 4) is 5.75 Å². The number of hydrogen-bond acceptors (Lipinski definition) is 5. The van der Waals surface area contributed by atoms with Gasteiger partial charge in [0.15, 0.2) is 0 Å². The molecule has 4 rings (SSSR count). The molecule has 33 heavy (non-hydrogen) atoms. The van der Waals surface area contributed by atoms with E-state index >= 15 is 0 Å². The molecule has 2 aliphatic rings. The zero-order valence-electron chi connectivity index (χ0n) is 18.6. The van der Waals surface area contributed by atoms with E-state index < -0.39 is 5.41 Å². The van der Waals surface area contributed by atoms with Crippen LogP contribution in [0.4, 0.5) is 0 Å². The molecule has 2 aromatic rings. The van der Waals surface area contributed by atoms with Gasteiger partial charge < -0.3 is 14.4 Å². The summed E-state index contributed by atoms with van der Waals surface area (Å²) in [7, 11) is 1.58. The summed E-state index contributed by atoms with van der Waals surface area (Å²) < 4.78 is 10.9. The highest BCUT2D eigenvalue weighted by Crippen LogP contribution is 2.40. The number of carbonyl (C=O) groups is 3. The molecule has 1 fully saturated rings. The quantitative estimate of drug-likeness (QED) is 0.459. The fourth-order valence-electron chi connectivity index (χ4n) is 4.56. The maximum Gasteiger partial charge on any atom is 0.240 e. The van der Waals surface area contributed by atoms with Crippen LogP contribution in [0.25, 0.3) is 0 Å². The number of methoxy groups -OCH3 is 1. The van der Waals surface area contributed by atoms with E-state index in [9.17, 15) is 14.4 Å². The van der Waals surface area contributed by atoms with Crippen molar-refractivity contribution < 1.29 is 23.9 Å². The number of rotatable bonds is 7. The van der Waals surface area contributed by atoms with Crippen LogP contribution in [0.15, 0.2) is 48.5 Å². The number of imide groups is 1. The molecule has 0 saturated carbocycles. The monoisotopic (exact) mass is 470 g/mol. The van der Waals surface area contributed by atoms with Gasteiger partial charge in [-0.3, -0.25) is 19.3 Å². The molecule has 1 saturated heterocycles. The molecule has 0 spiro atoms. The van der Waals surface area contributed by atoms with Crippen molar-refractivity contribution in [3.63, 3.8) is 0 Å². The van der Waals surface area contributed by atoms with Crippen molar-refractivity contribution in [1.82, 2.24) is 9.80 Å². The standard InChI is InChI=1S/C25H27ClN2O5/c1-32-12-5-10-28-23(30)16-25(24(28)31,19-6-3-2-4-7-19)15-22(29)27-11-13-33-21-9-8-20(26)14-18(21)17-27/h2-4,6-9,14H,5,10-13,15-17H2,1H3/t25-/m0/s1. The first-order chi connectivity index (χ1) is 15.9. The molecule has 0 N–H and O–H groups in total. The number of carbonyl (C=O) groups excluding carboxylic acids is 3. The Hall–Kier alpha value is -2.90. The number of halogens is 1. The topological polar surface area (TPSA) is 76.2 Å². The molecule has 0 bridgehead atoms. The number of nitrogens with zero attached hydrogens (tertiary/aromatic N) is 2. The van der Waals surface area contributed by atoms with Crippen LogP contribution >= 0.6 is 11.6 Å². The molecule has 1 atom stereocenters. The predicted molar refractivity (Wildman–Crippen MR) is 123 cm³/mol. The predicted octanol–water partition coefficient (Wildman–Crippen LogP) is 3.18. The molecule has 2 aromatic carbocycles. The van der Waals surface area contributed by atoms with Gasteiger partial charge in [-0.25, -0.2) is 0 Å².